The van der Waals surface area contributed by atoms with Crippen molar-refractivity contribution in [3.8, 4) is 0 Å². The predicted octanol–water partition coefficient (Wildman–Crippen LogP) is 2.30. The average molecular weight is 223 g/mol. The van der Waals surface area contributed by atoms with E-state index in [1.54, 1.807) is 0 Å². The van der Waals surface area contributed by atoms with E-state index in [1.807, 2.05) is 0 Å². The number of alkyl halides is 1. The van der Waals surface area contributed by atoms with Crippen LogP contribution >= 0.6 is 22.9 Å². The zero-order valence-corrected chi connectivity index (χ0v) is 7.67. The van der Waals surface area contributed by atoms with Crippen molar-refractivity contribution in [3.63, 3.8) is 0 Å². The molecule has 0 aromatic carbocycles. The quantitative estimate of drug-likeness (QED) is 0.446. The van der Waals surface area contributed by atoms with Crippen molar-refractivity contribution in [1.29, 1.82) is 0 Å². The average Bonchev–Trinajstić information content (AvgIpc) is 2.47. The van der Waals surface area contributed by atoms with Crippen LogP contribution in [0.1, 0.15) is 4.88 Å². The summed E-state index contributed by atoms with van der Waals surface area (Å²) in [4.78, 5) is 19.5. The molecule has 13 heavy (non-hydrogen) atoms. The molecule has 70 valence electrons. The molecule has 0 aliphatic heterocycles. The Bertz CT molecular complexity index is 363. The lowest BCUT2D eigenvalue weighted by atomic mass is 10.4. The number of nitrogens with zero attached hydrogens (tertiary/aromatic N) is 2. The highest BCUT2D eigenvalue weighted by atomic mass is 35.5. The lowest BCUT2D eigenvalue weighted by Gasteiger charge is -1.86. The Morgan fingerprint density at radius 2 is 2.00 bits per heavy atom. The first-order valence-electron chi connectivity index (χ1n) is 3.03. The van der Waals surface area contributed by atoms with Gasteiger partial charge >= 0.3 is 5.00 Å². The topological polar surface area (TPSA) is 86.3 Å². The van der Waals surface area contributed by atoms with Crippen molar-refractivity contribution in [2.24, 2.45) is 0 Å². The second-order valence-electron chi connectivity index (χ2n) is 2.04. The lowest BCUT2D eigenvalue weighted by molar-refractivity contribution is -0.390. The highest BCUT2D eigenvalue weighted by molar-refractivity contribution is 7.15. The minimum absolute atomic E-state index is 0.0885. The Labute approximate surface area is 81.0 Å². The van der Waals surface area contributed by atoms with E-state index in [9.17, 15) is 20.2 Å². The number of nitro groups is 2. The second kappa shape index (κ2) is 3.67. The fraction of sp³-hybridized carbons (Fsp3) is 0.200. The molecule has 0 aliphatic carbocycles. The van der Waals surface area contributed by atoms with Gasteiger partial charge in [0.1, 0.15) is 10.9 Å². The number of thiophene rings is 1. The molecule has 0 saturated heterocycles. The summed E-state index contributed by atoms with van der Waals surface area (Å²) < 4.78 is 0. The summed E-state index contributed by atoms with van der Waals surface area (Å²) in [6.07, 6.45) is 0. The van der Waals surface area contributed by atoms with Crippen LogP contribution in [-0.4, -0.2) is 9.85 Å². The number of hydrogen-bond acceptors (Lipinski definition) is 5. The summed E-state index contributed by atoms with van der Waals surface area (Å²) in [6, 6.07) is 0.919. The normalized spacial score (nSPS) is 9.92. The van der Waals surface area contributed by atoms with Gasteiger partial charge in [-0.1, -0.05) is 11.3 Å². The van der Waals surface area contributed by atoms with Crippen LogP contribution in [0, 0.1) is 20.2 Å². The molecule has 0 atom stereocenters. The van der Waals surface area contributed by atoms with Crippen molar-refractivity contribution >= 4 is 33.6 Å². The first kappa shape index (κ1) is 9.87. The van der Waals surface area contributed by atoms with Gasteiger partial charge in [0.25, 0.3) is 5.69 Å². The fourth-order valence-electron chi connectivity index (χ4n) is 0.746. The number of halogens is 1. The molecule has 0 spiro atoms. The van der Waals surface area contributed by atoms with Crippen LogP contribution in [0.25, 0.3) is 0 Å². The maximum Gasteiger partial charge on any atom is 0.331 e. The van der Waals surface area contributed by atoms with E-state index < -0.39 is 9.85 Å². The van der Waals surface area contributed by atoms with E-state index in [1.165, 1.54) is 0 Å². The van der Waals surface area contributed by atoms with Crippen LogP contribution in [0.5, 0.6) is 0 Å². The highest BCUT2D eigenvalue weighted by Crippen LogP contribution is 2.35. The lowest BCUT2D eigenvalue weighted by Crippen LogP contribution is -1.87. The Balaban J connectivity index is 3.19. The Hall–Kier alpha value is -1.21. The van der Waals surface area contributed by atoms with E-state index in [0.29, 0.717) is 0 Å². The largest absolute Gasteiger partial charge is 0.331 e. The van der Waals surface area contributed by atoms with E-state index in [4.69, 9.17) is 11.6 Å². The van der Waals surface area contributed by atoms with Gasteiger partial charge in [-0.3, -0.25) is 20.2 Å². The molecule has 0 aliphatic rings. The van der Waals surface area contributed by atoms with Crippen molar-refractivity contribution in [1.82, 2.24) is 0 Å². The number of hydrogen-bond donors (Lipinski definition) is 0. The first-order chi connectivity index (χ1) is 6.06. The van der Waals surface area contributed by atoms with Gasteiger partial charge in [0.05, 0.1) is 15.7 Å². The number of rotatable bonds is 3. The van der Waals surface area contributed by atoms with Crippen LogP contribution < -0.4 is 0 Å². The molecule has 1 heterocycles. The van der Waals surface area contributed by atoms with E-state index >= 15 is 0 Å². The van der Waals surface area contributed by atoms with E-state index in [2.05, 4.69) is 0 Å². The molecule has 0 fully saturated rings. The molecule has 0 unspecified atom stereocenters. The van der Waals surface area contributed by atoms with E-state index in [-0.39, 0.29) is 21.4 Å². The van der Waals surface area contributed by atoms with Crippen LogP contribution in [0.15, 0.2) is 6.07 Å². The van der Waals surface area contributed by atoms with Crippen molar-refractivity contribution in [2.45, 2.75) is 5.88 Å². The third-order valence-electron chi connectivity index (χ3n) is 1.27. The summed E-state index contributed by atoms with van der Waals surface area (Å²) in [5.74, 6) is -0.0885. The van der Waals surface area contributed by atoms with E-state index in [0.717, 1.165) is 17.4 Å². The van der Waals surface area contributed by atoms with Crippen LogP contribution in [-0.2, 0) is 5.88 Å². The van der Waals surface area contributed by atoms with Gasteiger partial charge in [-0.05, 0) is 0 Å². The zero-order chi connectivity index (χ0) is 10.0. The molecule has 0 bridgehead atoms. The fourth-order valence-corrected chi connectivity index (χ4v) is 1.84. The van der Waals surface area contributed by atoms with Crippen molar-refractivity contribution < 1.29 is 9.85 Å². The third kappa shape index (κ3) is 1.93. The van der Waals surface area contributed by atoms with Gasteiger partial charge in [-0.15, -0.1) is 11.6 Å². The maximum absolute atomic E-state index is 10.3. The molecule has 8 heteroatoms. The van der Waals surface area contributed by atoms with Crippen LogP contribution in [0.2, 0.25) is 0 Å². The van der Waals surface area contributed by atoms with Crippen LogP contribution in [0.3, 0.4) is 0 Å². The molecular formula is C5H3ClN2O4S. The molecule has 0 amide bonds. The third-order valence-corrected chi connectivity index (χ3v) is 2.77. The van der Waals surface area contributed by atoms with Gasteiger partial charge in [0.2, 0.25) is 0 Å². The molecule has 0 saturated carbocycles. The molecule has 1 rings (SSSR count). The molecule has 0 radical (unpaired) electrons. The van der Waals surface area contributed by atoms with Crippen molar-refractivity contribution in [2.75, 3.05) is 0 Å². The summed E-state index contributed by atoms with van der Waals surface area (Å²) >= 11 is 6.10. The first-order valence-corrected chi connectivity index (χ1v) is 4.38. The summed E-state index contributed by atoms with van der Waals surface area (Å²) in [6.45, 7) is 0. The summed E-state index contributed by atoms with van der Waals surface area (Å²) in [5, 5.41) is 20.3. The Kier molecular flexibility index (Phi) is 2.79. The smallest absolute Gasteiger partial charge is 0.258 e. The van der Waals surface area contributed by atoms with Gasteiger partial charge in [-0.25, -0.2) is 0 Å². The molecular weight excluding hydrogens is 220 g/mol. The van der Waals surface area contributed by atoms with Gasteiger partial charge in [-0.2, -0.15) is 0 Å². The highest BCUT2D eigenvalue weighted by Gasteiger charge is 2.23. The van der Waals surface area contributed by atoms with Crippen molar-refractivity contribution in [3.05, 3.63) is 31.2 Å². The molecule has 6 nitrogen and oxygen atoms in total. The SMILES string of the molecule is O=[N+]([O-])c1cc([N+](=O)[O-])c(CCl)s1. The standard InChI is InChI=1S/C5H3ClN2O4S/c6-2-4-3(7(9)10)1-5(13-4)8(11)12/h1H,2H2. The summed E-state index contributed by atoms with van der Waals surface area (Å²) in [7, 11) is 0. The minimum Gasteiger partial charge on any atom is -0.258 e. The molecule has 1 aromatic heterocycles. The summed E-state index contributed by atoms with van der Waals surface area (Å²) in [5.41, 5.74) is -0.285. The van der Waals surface area contributed by atoms with Crippen LogP contribution in [0.4, 0.5) is 10.7 Å². The Morgan fingerprint density at radius 1 is 1.38 bits per heavy atom. The maximum atomic E-state index is 10.3. The monoisotopic (exact) mass is 222 g/mol. The predicted molar refractivity (Wildman–Crippen MR) is 47.2 cm³/mol. The van der Waals surface area contributed by atoms with Gasteiger partial charge in [0, 0.05) is 0 Å². The molecule has 1 aromatic rings. The second-order valence-corrected chi connectivity index (χ2v) is 3.42. The zero-order valence-electron chi connectivity index (χ0n) is 6.10. The van der Waals surface area contributed by atoms with Gasteiger partial charge in [0.15, 0.2) is 0 Å². The minimum atomic E-state index is -0.679. The van der Waals surface area contributed by atoms with Gasteiger partial charge < -0.3 is 0 Å². The Morgan fingerprint density at radius 3 is 2.31 bits per heavy atom. The molecule has 0 N–H and O–H groups in total.